The average Bonchev–Trinajstić information content (AvgIpc) is 3.19. The third-order valence-corrected chi connectivity index (χ3v) is 9.17. The Balaban J connectivity index is 1.30. The Morgan fingerprint density at radius 3 is 2.58 bits per heavy atom. The molecule has 0 unspecified atom stereocenters. The average molecular weight is 518 g/mol. The van der Waals surface area contributed by atoms with Crippen LogP contribution in [0.25, 0.3) is 5.65 Å². The molecule has 36 heavy (non-hydrogen) atoms. The zero-order valence-electron chi connectivity index (χ0n) is 19.8. The fraction of sp³-hybridized carbons (Fsp3) is 0.455. The zero-order chi connectivity index (χ0) is 25.4. The van der Waals surface area contributed by atoms with Crippen LogP contribution in [-0.2, 0) is 10.0 Å². The van der Waals surface area contributed by atoms with Crippen molar-refractivity contribution < 1.29 is 17.6 Å². The second-order valence-corrected chi connectivity index (χ2v) is 11.3. The molecule has 12 nitrogen and oxygen atoms in total. The molecule has 0 bridgehead atoms. The molecule has 2 aliphatic rings. The molecule has 1 amide bonds. The number of pyridine rings is 1. The first-order valence-electron chi connectivity index (χ1n) is 11.7. The number of piperidine rings is 1. The molecule has 0 spiro atoms. The van der Waals surface area contributed by atoms with Gasteiger partial charge in [-0.1, -0.05) is 0 Å². The summed E-state index contributed by atoms with van der Waals surface area (Å²) in [5.74, 6) is -1.24. The van der Waals surface area contributed by atoms with E-state index < -0.39 is 21.7 Å². The maximum absolute atomic E-state index is 13.5. The Kier molecular flexibility index (Phi) is 6.49. The summed E-state index contributed by atoms with van der Waals surface area (Å²) in [4.78, 5) is 25.3. The molecule has 0 aromatic carbocycles. The van der Waals surface area contributed by atoms with Gasteiger partial charge in [0.25, 0.3) is 5.91 Å². The van der Waals surface area contributed by atoms with Gasteiger partial charge in [0.05, 0.1) is 35.2 Å². The van der Waals surface area contributed by atoms with Gasteiger partial charge in [-0.05, 0) is 39.0 Å². The highest BCUT2D eigenvalue weighted by atomic mass is 32.2. The van der Waals surface area contributed by atoms with Crippen LogP contribution >= 0.6 is 0 Å². The Morgan fingerprint density at radius 2 is 1.86 bits per heavy atom. The van der Waals surface area contributed by atoms with E-state index in [0.29, 0.717) is 50.4 Å². The number of nitrogen functional groups attached to an aromatic ring is 1. The van der Waals surface area contributed by atoms with E-state index in [2.05, 4.69) is 25.3 Å². The minimum atomic E-state index is -3.36. The standard InChI is InChI=1S/C22H28FN9O3S/c1-29-6-3-16(4-7-29)36(34,35)31-10-8-30(9-11-31)18-2-5-25-13-17(18)27-22(33)19-20(24)28-32-14-15(23)12-26-21(19)32/h2,5,12-14,16H,3-4,6-11H2,1H3,(H2,24,28)(H,27,33). The number of anilines is 3. The van der Waals surface area contributed by atoms with Crippen LogP contribution in [0.15, 0.2) is 30.9 Å². The number of halogens is 1. The maximum atomic E-state index is 13.5. The topological polar surface area (TPSA) is 142 Å². The van der Waals surface area contributed by atoms with Gasteiger partial charge in [-0.15, -0.1) is 5.10 Å². The van der Waals surface area contributed by atoms with E-state index in [1.165, 1.54) is 6.20 Å². The summed E-state index contributed by atoms with van der Waals surface area (Å²) in [5, 5.41) is 6.43. The molecule has 0 atom stereocenters. The number of nitrogens with zero attached hydrogens (tertiary/aromatic N) is 7. The van der Waals surface area contributed by atoms with Gasteiger partial charge < -0.3 is 20.9 Å². The molecular weight excluding hydrogens is 489 g/mol. The van der Waals surface area contributed by atoms with Crippen molar-refractivity contribution in [3.8, 4) is 0 Å². The van der Waals surface area contributed by atoms with Crippen molar-refractivity contribution in [1.82, 2.24) is 28.8 Å². The van der Waals surface area contributed by atoms with Crippen molar-refractivity contribution in [2.45, 2.75) is 18.1 Å². The number of nitrogens with two attached hydrogens (primary N) is 1. The Bertz CT molecular complexity index is 1380. The highest BCUT2D eigenvalue weighted by molar-refractivity contribution is 7.89. The van der Waals surface area contributed by atoms with Crippen LogP contribution in [-0.4, -0.2) is 94.7 Å². The lowest BCUT2D eigenvalue weighted by atomic mass is 10.1. The van der Waals surface area contributed by atoms with E-state index in [9.17, 15) is 17.6 Å². The molecule has 0 saturated carbocycles. The number of fused-ring (bicyclic) bond motifs is 1. The van der Waals surface area contributed by atoms with Crippen molar-refractivity contribution in [3.63, 3.8) is 0 Å². The number of hydrogen-bond donors (Lipinski definition) is 2. The number of hydrogen-bond acceptors (Lipinski definition) is 9. The number of piperazine rings is 1. The van der Waals surface area contributed by atoms with Crippen LogP contribution in [0.4, 0.5) is 21.6 Å². The quantitative estimate of drug-likeness (QED) is 0.499. The summed E-state index contributed by atoms with van der Waals surface area (Å²) < 4.78 is 42.5. The highest BCUT2D eigenvalue weighted by Gasteiger charge is 2.36. The van der Waals surface area contributed by atoms with Crippen LogP contribution in [0.1, 0.15) is 23.2 Å². The SMILES string of the molecule is CN1CCC(S(=O)(=O)N2CCN(c3ccncc3NC(=O)c3c(N)nn4cc(F)cnc34)CC2)CC1. The maximum Gasteiger partial charge on any atom is 0.263 e. The predicted octanol–water partition coefficient (Wildman–Crippen LogP) is 0.644. The van der Waals surface area contributed by atoms with Gasteiger partial charge >= 0.3 is 0 Å². The summed E-state index contributed by atoms with van der Waals surface area (Å²) in [6.45, 7) is 3.23. The number of rotatable bonds is 5. The number of nitrogens with one attached hydrogen (secondary N) is 1. The molecule has 0 radical (unpaired) electrons. The van der Waals surface area contributed by atoms with E-state index in [0.717, 1.165) is 30.0 Å². The van der Waals surface area contributed by atoms with E-state index in [1.54, 1.807) is 16.6 Å². The molecular formula is C22H28FN9O3S. The second-order valence-electron chi connectivity index (χ2n) is 9.08. The van der Waals surface area contributed by atoms with E-state index in [4.69, 9.17) is 5.73 Å². The normalized spacial score (nSPS) is 18.6. The monoisotopic (exact) mass is 517 g/mol. The lowest BCUT2D eigenvalue weighted by Crippen LogP contribution is -2.52. The fourth-order valence-corrected chi connectivity index (χ4v) is 6.67. The number of carbonyl (C=O) groups excluding carboxylic acids is 1. The Labute approximate surface area is 207 Å². The zero-order valence-corrected chi connectivity index (χ0v) is 20.7. The third-order valence-electron chi connectivity index (χ3n) is 6.77. The molecule has 2 fully saturated rings. The Hall–Kier alpha value is -3.36. The number of likely N-dealkylation sites (tertiary alicyclic amines) is 1. The number of sulfonamides is 1. The van der Waals surface area contributed by atoms with Gasteiger partial charge in [0, 0.05) is 32.4 Å². The molecule has 5 heterocycles. The molecule has 2 saturated heterocycles. The first kappa shape index (κ1) is 24.3. The van der Waals surface area contributed by atoms with Gasteiger partial charge in [0.15, 0.2) is 17.3 Å². The van der Waals surface area contributed by atoms with Crippen molar-refractivity contribution in [3.05, 3.63) is 42.2 Å². The minimum Gasteiger partial charge on any atom is -0.381 e. The summed E-state index contributed by atoms with van der Waals surface area (Å²) in [7, 11) is -1.35. The van der Waals surface area contributed by atoms with Crippen LogP contribution in [0.3, 0.4) is 0 Å². The van der Waals surface area contributed by atoms with Gasteiger partial charge in [0.2, 0.25) is 10.0 Å². The summed E-state index contributed by atoms with van der Waals surface area (Å²) in [5.41, 5.74) is 7.23. The number of carbonyl (C=O) groups is 1. The van der Waals surface area contributed by atoms with E-state index in [1.807, 2.05) is 11.9 Å². The van der Waals surface area contributed by atoms with Crippen molar-refractivity contribution in [2.24, 2.45) is 0 Å². The van der Waals surface area contributed by atoms with Gasteiger partial charge in [-0.2, -0.15) is 4.31 Å². The number of aromatic nitrogens is 4. The van der Waals surface area contributed by atoms with Gasteiger partial charge in [0.1, 0.15) is 5.56 Å². The van der Waals surface area contributed by atoms with Crippen molar-refractivity contribution in [1.29, 1.82) is 0 Å². The third kappa shape index (κ3) is 4.58. The summed E-state index contributed by atoms with van der Waals surface area (Å²) in [6.07, 6.45) is 6.50. The molecule has 2 aliphatic heterocycles. The van der Waals surface area contributed by atoms with E-state index in [-0.39, 0.29) is 22.3 Å². The smallest absolute Gasteiger partial charge is 0.263 e. The Morgan fingerprint density at radius 1 is 1.14 bits per heavy atom. The van der Waals surface area contributed by atoms with Crippen LogP contribution in [0, 0.1) is 5.82 Å². The minimum absolute atomic E-state index is 0.0267. The van der Waals surface area contributed by atoms with Crippen molar-refractivity contribution >= 4 is 38.8 Å². The van der Waals surface area contributed by atoms with E-state index >= 15 is 0 Å². The van der Waals surface area contributed by atoms with Crippen LogP contribution in [0.5, 0.6) is 0 Å². The second kappa shape index (κ2) is 9.59. The van der Waals surface area contributed by atoms with Gasteiger partial charge in [-0.25, -0.2) is 22.3 Å². The predicted molar refractivity (Wildman–Crippen MR) is 133 cm³/mol. The highest BCUT2D eigenvalue weighted by Crippen LogP contribution is 2.29. The molecule has 3 N–H and O–H groups in total. The van der Waals surface area contributed by atoms with Crippen molar-refractivity contribution in [2.75, 3.05) is 62.3 Å². The van der Waals surface area contributed by atoms with Crippen LogP contribution < -0.4 is 16.0 Å². The lowest BCUT2D eigenvalue weighted by molar-refractivity contribution is 0.102. The van der Waals surface area contributed by atoms with Crippen LogP contribution in [0.2, 0.25) is 0 Å². The summed E-state index contributed by atoms with van der Waals surface area (Å²) in [6, 6.07) is 1.77. The first-order chi connectivity index (χ1) is 17.2. The molecule has 3 aromatic heterocycles. The summed E-state index contributed by atoms with van der Waals surface area (Å²) >= 11 is 0. The molecule has 0 aliphatic carbocycles. The molecule has 14 heteroatoms. The molecule has 5 rings (SSSR count). The largest absolute Gasteiger partial charge is 0.381 e. The first-order valence-corrected chi connectivity index (χ1v) is 13.2. The number of amides is 1. The molecule has 3 aromatic rings. The lowest BCUT2D eigenvalue weighted by Gasteiger charge is -2.39. The fourth-order valence-electron chi connectivity index (χ4n) is 4.77. The molecule has 192 valence electrons. The van der Waals surface area contributed by atoms with Gasteiger partial charge in [-0.3, -0.25) is 9.78 Å².